The van der Waals surface area contributed by atoms with E-state index in [1.54, 1.807) is 11.1 Å². The van der Waals surface area contributed by atoms with E-state index in [1.807, 2.05) is 24.1 Å². The second-order valence-electron chi connectivity index (χ2n) is 6.60. The summed E-state index contributed by atoms with van der Waals surface area (Å²) in [7, 11) is 1.84. The van der Waals surface area contributed by atoms with Crippen molar-refractivity contribution in [3.05, 3.63) is 23.9 Å². The molecule has 2 amide bonds. The van der Waals surface area contributed by atoms with Gasteiger partial charge in [0.1, 0.15) is 5.82 Å². The van der Waals surface area contributed by atoms with Crippen LogP contribution in [0.2, 0.25) is 0 Å². The molecule has 1 aromatic rings. The first kappa shape index (κ1) is 16.7. The first-order valence-corrected chi connectivity index (χ1v) is 8.90. The van der Waals surface area contributed by atoms with Gasteiger partial charge in [0.05, 0.1) is 12.6 Å². The molecule has 130 valence electrons. The molecule has 2 aliphatic heterocycles. The number of pyridine rings is 1. The first-order valence-electron chi connectivity index (χ1n) is 8.90. The Hall–Kier alpha value is -2.11. The summed E-state index contributed by atoms with van der Waals surface area (Å²) in [5.41, 5.74) is 1.11. The standard InChI is InChI=1S/C18H26N4O2/c1-19-16-12-14(8-9-20-16)15-6-5-11-22(15)18(24)13-21-10-4-2-3-7-17(21)23/h8-9,12,15H,2-7,10-11,13H2,1H3,(H,19,20)/t15-/m0/s1. The summed E-state index contributed by atoms with van der Waals surface area (Å²) in [6, 6.07) is 4.08. The Morgan fingerprint density at radius 2 is 2.17 bits per heavy atom. The highest BCUT2D eigenvalue weighted by Gasteiger charge is 2.31. The number of likely N-dealkylation sites (tertiary alicyclic amines) is 2. The Bertz CT molecular complexity index is 604. The second-order valence-corrected chi connectivity index (χ2v) is 6.60. The fourth-order valence-electron chi connectivity index (χ4n) is 3.66. The molecule has 3 heterocycles. The second kappa shape index (κ2) is 7.64. The zero-order chi connectivity index (χ0) is 16.9. The van der Waals surface area contributed by atoms with Crippen molar-refractivity contribution in [3.8, 4) is 0 Å². The lowest BCUT2D eigenvalue weighted by atomic mass is 10.1. The Morgan fingerprint density at radius 3 is 3.00 bits per heavy atom. The molecule has 2 saturated heterocycles. The number of carbonyl (C=O) groups is 2. The average Bonchev–Trinajstić information content (AvgIpc) is 3.01. The van der Waals surface area contributed by atoms with Crippen molar-refractivity contribution in [1.29, 1.82) is 0 Å². The van der Waals surface area contributed by atoms with Gasteiger partial charge in [0.25, 0.3) is 0 Å². The largest absolute Gasteiger partial charge is 0.373 e. The van der Waals surface area contributed by atoms with Crippen LogP contribution in [0.5, 0.6) is 0 Å². The molecule has 3 rings (SSSR count). The molecular formula is C18H26N4O2. The van der Waals surface area contributed by atoms with Crippen LogP contribution in [0.4, 0.5) is 5.82 Å². The van der Waals surface area contributed by atoms with E-state index in [2.05, 4.69) is 10.3 Å². The number of nitrogens with zero attached hydrogens (tertiary/aromatic N) is 3. The number of rotatable bonds is 4. The summed E-state index contributed by atoms with van der Waals surface area (Å²) in [4.78, 5) is 32.9. The molecule has 2 fully saturated rings. The van der Waals surface area contributed by atoms with Gasteiger partial charge < -0.3 is 15.1 Å². The molecule has 6 heteroatoms. The first-order chi connectivity index (χ1) is 11.7. The summed E-state index contributed by atoms with van der Waals surface area (Å²) >= 11 is 0. The molecule has 1 aromatic heterocycles. The zero-order valence-corrected chi connectivity index (χ0v) is 14.3. The van der Waals surface area contributed by atoms with Crippen LogP contribution in [-0.4, -0.2) is 53.3 Å². The monoisotopic (exact) mass is 330 g/mol. The van der Waals surface area contributed by atoms with Crippen molar-refractivity contribution in [2.45, 2.75) is 44.6 Å². The van der Waals surface area contributed by atoms with E-state index in [0.717, 1.165) is 50.0 Å². The maximum Gasteiger partial charge on any atom is 0.242 e. The predicted molar refractivity (Wildman–Crippen MR) is 92.5 cm³/mol. The molecule has 0 unspecified atom stereocenters. The molecular weight excluding hydrogens is 304 g/mol. The van der Waals surface area contributed by atoms with Gasteiger partial charge >= 0.3 is 0 Å². The van der Waals surface area contributed by atoms with Crippen LogP contribution in [0.15, 0.2) is 18.3 Å². The van der Waals surface area contributed by atoms with Gasteiger partial charge in [-0.1, -0.05) is 6.42 Å². The zero-order valence-electron chi connectivity index (χ0n) is 14.3. The third-order valence-electron chi connectivity index (χ3n) is 5.00. The van der Waals surface area contributed by atoms with Gasteiger partial charge in [0.15, 0.2) is 0 Å². The molecule has 0 bridgehead atoms. The van der Waals surface area contributed by atoms with E-state index in [1.165, 1.54) is 0 Å². The van der Waals surface area contributed by atoms with Gasteiger partial charge in [0, 0.05) is 32.8 Å². The van der Waals surface area contributed by atoms with Gasteiger partial charge in [-0.15, -0.1) is 0 Å². The van der Waals surface area contributed by atoms with Crippen LogP contribution in [0.1, 0.15) is 50.1 Å². The molecule has 0 spiro atoms. The minimum atomic E-state index is 0.0653. The van der Waals surface area contributed by atoms with Gasteiger partial charge in [-0.05, 0) is 43.4 Å². The normalized spacial score (nSPS) is 21.7. The molecule has 24 heavy (non-hydrogen) atoms. The number of hydrogen-bond donors (Lipinski definition) is 1. The van der Waals surface area contributed by atoms with Crippen LogP contribution in [0.3, 0.4) is 0 Å². The number of aromatic nitrogens is 1. The molecule has 0 aliphatic carbocycles. The molecule has 0 radical (unpaired) electrons. The van der Waals surface area contributed by atoms with Crippen LogP contribution in [0.25, 0.3) is 0 Å². The molecule has 1 atom stereocenters. The Morgan fingerprint density at radius 1 is 1.29 bits per heavy atom. The lowest BCUT2D eigenvalue weighted by molar-refractivity contribution is -0.140. The Balaban J connectivity index is 1.70. The van der Waals surface area contributed by atoms with E-state index < -0.39 is 0 Å². The van der Waals surface area contributed by atoms with Crippen LogP contribution in [0, 0.1) is 0 Å². The maximum atomic E-state index is 12.8. The Kier molecular flexibility index (Phi) is 5.33. The van der Waals surface area contributed by atoms with E-state index in [0.29, 0.717) is 13.0 Å². The van der Waals surface area contributed by atoms with Crippen LogP contribution in [-0.2, 0) is 9.59 Å². The fourth-order valence-corrected chi connectivity index (χ4v) is 3.66. The topological polar surface area (TPSA) is 65.5 Å². The molecule has 6 nitrogen and oxygen atoms in total. The third kappa shape index (κ3) is 3.68. The van der Waals surface area contributed by atoms with Crippen molar-refractivity contribution in [1.82, 2.24) is 14.8 Å². The van der Waals surface area contributed by atoms with Crippen molar-refractivity contribution < 1.29 is 9.59 Å². The van der Waals surface area contributed by atoms with Gasteiger partial charge in [-0.25, -0.2) is 4.98 Å². The van der Waals surface area contributed by atoms with E-state index in [-0.39, 0.29) is 24.4 Å². The highest BCUT2D eigenvalue weighted by molar-refractivity contribution is 5.85. The summed E-state index contributed by atoms with van der Waals surface area (Å²) in [6.45, 7) is 1.70. The number of hydrogen-bond acceptors (Lipinski definition) is 4. The fraction of sp³-hybridized carbons (Fsp3) is 0.611. The van der Waals surface area contributed by atoms with Crippen molar-refractivity contribution in [2.75, 3.05) is 32.0 Å². The third-order valence-corrected chi connectivity index (χ3v) is 5.00. The molecule has 0 saturated carbocycles. The van der Waals surface area contributed by atoms with Gasteiger partial charge in [-0.3, -0.25) is 9.59 Å². The lowest BCUT2D eigenvalue weighted by Gasteiger charge is -2.28. The summed E-state index contributed by atoms with van der Waals surface area (Å²) in [5, 5.41) is 3.05. The van der Waals surface area contributed by atoms with Gasteiger partial charge in [0.2, 0.25) is 11.8 Å². The minimum absolute atomic E-state index is 0.0653. The Labute approximate surface area is 143 Å². The number of anilines is 1. The minimum Gasteiger partial charge on any atom is -0.373 e. The van der Waals surface area contributed by atoms with Crippen molar-refractivity contribution in [3.63, 3.8) is 0 Å². The summed E-state index contributed by atoms with van der Waals surface area (Å²) in [6.07, 6.45) is 7.34. The predicted octanol–water partition coefficient (Wildman–Crippen LogP) is 2.19. The van der Waals surface area contributed by atoms with Crippen LogP contribution < -0.4 is 5.32 Å². The lowest BCUT2D eigenvalue weighted by Crippen LogP contribution is -2.42. The maximum absolute atomic E-state index is 12.8. The van der Waals surface area contributed by atoms with E-state index in [4.69, 9.17) is 0 Å². The molecule has 1 N–H and O–H groups in total. The van der Waals surface area contributed by atoms with E-state index in [9.17, 15) is 9.59 Å². The smallest absolute Gasteiger partial charge is 0.242 e. The highest BCUT2D eigenvalue weighted by atomic mass is 16.2. The van der Waals surface area contributed by atoms with Crippen LogP contribution >= 0.6 is 0 Å². The molecule has 0 aromatic carbocycles. The summed E-state index contributed by atoms with van der Waals surface area (Å²) < 4.78 is 0. The highest BCUT2D eigenvalue weighted by Crippen LogP contribution is 2.32. The average molecular weight is 330 g/mol. The van der Waals surface area contributed by atoms with Gasteiger partial charge in [-0.2, -0.15) is 0 Å². The number of carbonyl (C=O) groups excluding carboxylic acids is 2. The van der Waals surface area contributed by atoms with Crippen molar-refractivity contribution >= 4 is 17.6 Å². The summed E-state index contributed by atoms with van der Waals surface area (Å²) in [5.74, 6) is 1.00. The van der Waals surface area contributed by atoms with Crippen molar-refractivity contribution in [2.24, 2.45) is 0 Å². The number of amides is 2. The van der Waals surface area contributed by atoms with E-state index >= 15 is 0 Å². The number of nitrogens with one attached hydrogen (secondary N) is 1. The quantitative estimate of drug-likeness (QED) is 0.919. The SMILES string of the molecule is CNc1cc([C@@H]2CCCN2C(=O)CN2CCCCCC2=O)ccn1. The molecule has 2 aliphatic rings.